The van der Waals surface area contributed by atoms with E-state index in [0.29, 0.717) is 40.4 Å². The Labute approximate surface area is 208 Å². The first-order valence-corrected chi connectivity index (χ1v) is 12.9. The normalized spacial score (nSPS) is 16.7. The minimum Gasteiger partial charge on any atom is -0.479 e. The zero-order valence-electron chi connectivity index (χ0n) is 20.3. The number of Topliss-reactive ketones (excluding diaryl/α,β-unsaturated/α-hetero) is 1. The molecule has 0 radical (unpaired) electrons. The van der Waals surface area contributed by atoms with E-state index in [0.717, 1.165) is 36.1 Å². The molecule has 35 heavy (non-hydrogen) atoms. The fourth-order valence-electron chi connectivity index (χ4n) is 4.50. The average Bonchev–Trinajstić information content (AvgIpc) is 3.19. The number of hydrogen-bond acceptors (Lipinski definition) is 7. The van der Waals surface area contributed by atoms with Crippen molar-refractivity contribution in [2.24, 2.45) is 0 Å². The zero-order chi connectivity index (χ0) is 25.1. The zero-order valence-corrected chi connectivity index (χ0v) is 21.1. The molecule has 9 heteroatoms. The molecule has 1 atom stereocenters. The SMILES string of the molecule is CCCC(=O)c1ccc2c(c1)N(CC(=O)Nc1sc3c(c1C(=O)OCC)CCCC3)C(=O)C(C)O2. The van der Waals surface area contributed by atoms with Gasteiger partial charge in [-0.15, -0.1) is 11.3 Å². The van der Waals surface area contributed by atoms with E-state index in [2.05, 4.69) is 5.32 Å². The number of benzene rings is 1. The van der Waals surface area contributed by atoms with Gasteiger partial charge in [-0.05, 0) is 69.7 Å². The molecule has 0 spiro atoms. The fraction of sp³-hybridized carbons (Fsp3) is 0.462. The Hall–Kier alpha value is -3.20. The van der Waals surface area contributed by atoms with Crippen LogP contribution in [-0.4, -0.2) is 42.8 Å². The summed E-state index contributed by atoms with van der Waals surface area (Å²) in [5, 5.41) is 3.31. The average molecular weight is 499 g/mol. The third-order valence-electron chi connectivity index (χ3n) is 6.17. The fourth-order valence-corrected chi connectivity index (χ4v) is 5.79. The Balaban J connectivity index is 1.60. The maximum absolute atomic E-state index is 13.2. The highest BCUT2D eigenvalue weighted by atomic mass is 32.1. The summed E-state index contributed by atoms with van der Waals surface area (Å²) in [6.45, 7) is 5.27. The van der Waals surface area contributed by atoms with Crippen LogP contribution in [0.4, 0.5) is 10.7 Å². The van der Waals surface area contributed by atoms with Crippen molar-refractivity contribution in [3.63, 3.8) is 0 Å². The number of nitrogens with zero attached hydrogens (tertiary/aromatic N) is 1. The second-order valence-corrected chi connectivity index (χ2v) is 9.83. The summed E-state index contributed by atoms with van der Waals surface area (Å²) in [5.74, 6) is -0.842. The third-order valence-corrected chi connectivity index (χ3v) is 7.38. The number of anilines is 2. The van der Waals surface area contributed by atoms with E-state index >= 15 is 0 Å². The number of thiophene rings is 1. The number of nitrogens with one attached hydrogen (secondary N) is 1. The van der Waals surface area contributed by atoms with Crippen LogP contribution in [0.2, 0.25) is 0 Å². The molecule has 1 aliphatic carbocycles. The Morgan fingerprint density at radius 1 is 1.20 bits per heavy atom. The summed E-state index contributed by atoms with van der Waals surface area (Å²) in [7, 11) is 0. The largest absolute Gasteiger partial charge is 0.479 e. The summed E-state index contributed by atoms with van der Waals surface area (Å²) in [4.78, 5) is 53.7. The van der Waals surface area contributed by atoms with Gasteiger partial charge in [0, 0.05) is 16.9 Å². The van der Waals surface area contributed by atoms with E-state index < -0.39 is 18.0 Å². The lowest BCUT2D eigenvalue weighted by atomic mass is 9.95. The van der Waals surface area contributed by atoms with Crippen LogP contribution < -0.4 is 15.0 Å². The molecule has 1 aliphatic heterocycles. The molecule has 1 aromatic heterocycles. The van der Waals surface area contributed by atoms with Crippen molar-refractivity contribution >= 4 is 45.6 Å². The first-order chi connectivity index (χ1) is 16.8. The number of rotatable bonds is 8. The van der Waals surface area contributed by atoms with Crippen molar-refractivity contribution < 1.29 is 28.7 Å². The van der Waals surface area contributed by atoms with Crippen LogP contribution >= 0.6 is 11.3 Å². The second-order valence-electron chi connectivity index (χ2n) is 8.72. The molecule has 186 valence electrons. The number of esters is 1. The Bertz CT molecular complexity index is 1170. The van der Waals surface area contributed by atoms with Crippen LogP contribution in [0.1, 0.15) is 77.6 Å². The lowest BCUT2D eigenvalue weighted by Crippen LogP contribution is -2.47. The summed E-state index contributed by atoms with van der Waals surface area (Å²) >= 11 is 1.40. The molecule has 2 heterocycles. The molecule has 2 aromatic rings. The number of fused-ring (bicyclic) bond motifs is 2. The monoisotopic (exact) mass is 498 g/mol. The van der Waals surface area contributed by atoms with Crippen molar-refractivity contribution in [3.05, 3.63) is 39.8 Å². The summed E-state index contributed by atoms with van der Waals surface area (Å²) in [6, 6.07) is 4.95. The quantitative estimate of drug-likeness (QED) is 0.424. The van der Waals surface area contributed by atoms with Crippen LogP contribution in [0, 0.1) is 0 Å². The smallest absolute Gasteiger partial charge is 0.341 e. The topological polar surface area (TPSA) is 102 Å². The minimum atomic E-state index is -0.767. The predicted octanol–water partition coefficient (Wildman–Crippen LogP) is 4.54. The maximum atomic E-state index is 13.2. The number of ether oxygens (including phenoxy) is 2. The molecule has 1 N–H and O–H groups in total. The van der Waals surface area contributed by atoms with Crippen LogP contribution in [0.15, 0.2) is 18.2 Å². The van der Waals surface area contributed by atoms with Gasteiger partial charge >= 0.3 is 5.97 Å². The van der Waals surface area contributed by atoms with Gasteiger partial charge in [0.05, 0.1) is 17.9 Å². The summed E-state index contributed by atoms with van der Waals surface area (Å²) < 4.78 is 11.0. The van der Waals surface area contributed by atoms with E-state index in [1.165, 1.54) is 16.2 Å². The van der Waals surface area contributed by atoms with Crippen molar-refractivity contribution in [2.45, 2.75) is 65.4 Å². The number of aryl methyl sites for hydroxylation is 1. The predicted molar refractivity (Wildman–Crippen MR) is 134 cm³/mol. The Morgan fingerprint density at radius 2 is 1.97 bits per heavy atom. The first-order valence-electron chi connectivity index (χ1n) is 12.1. The molecule has 4 rings (SSSR count). The summed E-state index contributed by atoms with van der Waals surface area (Å²) in [6.07, 6.45) is 4.00. The Morgan fingerprint density at radius 3 is 2.71 bits per heavy atom. The van der Waals surface area contributed by atoms with Crippen molar-refractivity contribution in [3.8, 4) is 5.75 Å². The van der Waals surface area contributed by atoms with E-state index in [9.17, 15) is 19.2 Å². The summed E-state index contributed by atoms with van der Waals surface area (Å²) in [5.41, 5.74) is 2.24. The molecule has 2 amide bonds. The van der Waals surface area contributed by atoms with E-state index in [1.807, 2.05) is 6.92 Å². The van der Waals surface area contributed by atoms with Gasteiger partial charge in [0.2, 0.25) is 5.91 Å². The van der Waals surface area contributed by atoms with E-state index in [4.69, 9.17) is 9.47 Å². The molecular formula is C26H30N2O6S. The number of amides is 2. The molecule has 1 aromatic carbocycles. The van der Waals surface area contributed by atoms with Gasteiger partial charge in [0.15, 0.2) is 11.9 Å². The van der Waals surface area contributed by atoms with Crippen molar-refractivity contribution in [1.82, 2.24) is 0 Å². The highest BCUT2D eigenvalue weighted by Crippen LogP contribution is 2.39. The molecule has 0 fully saturated rings. The van der Waals surface area contributed by atoms with Crippen molar-refractivity contribution in [2.75, 3.05) is 23.4 Å². The molecule has 0 saturated carbocycles. The first kappa shape index (κ1) is 24.9. The van der Waals surface area contributed by atoms with Crippen LogP contribution in [0.3, 0.4) is 0 Å². The van der Waals surface area contributed by atoms with Gasteiger partial charge in [0.1, 0.15) is 17.3 Å². The van der Waals surface area contributed by atoms with Crippen molar-refractivity contribution in [1.29, 1.82) is 0 Å². The van der Waals surface area contributed by atoms with Gasteiger partial charge in [-0.25, -0.2) is 4.79 Å². The molecule has 2 aliphatic rings. The molecule has 1 unspecified atom stereocenters. The Kier molecular flexibility index (Phi) is 7.54. The van der Waals surface area contributed by atoms with Gasteiger partial charge in [-0.1, -0.05) is 6.92 Å². The number of carbonyl (C=O) groups is 4. The maximum Gasteiger partial charge on any atom is 0.341 e. The number of carbonyl (C=O) groups excluding carboxylic acids is 4. The highest BCUT2D eigenvalue weighted by Gasteiger charge is 2.34. The van der Waals surface area contributed by atoms with Gasteiger partial charge in [-0.2, -0.15) is 0 Å². The lowest BCUT2D eigenvalue weighted by molar-refractivity contribution is -0.127. The molecule has 0 bridgehead atoms. The van der Waals surface area contributed by atoms with Gasteiger partial charge < -0.3 is 14.8 Å². The second kappa shape index (κ2) is 10.6. The van der Waals surface area contributed by atoms with Gasteiger partial charge in [0.25, 0.3) is 5.91 Å². The number of hydrogen-bond donors (Lipinski definition) is 1. The standard InChI is InChI=1S/C26H30N2O6S/c1-4-8-19(29)16-11-12-20-18(13-16)28(25(31)15(3)34-20)14-22(30)27-24-23(26(32)33-5-2)17-9-6-7-10-21(17)35-24/h11-13,15H,4-10,14H2,1-3H3,(H,27,30). The molecule has 8 nitrogen and oxygen atoms in total. The minimum absolute atomic E-state index is 0.0333. The van der Waals surface area contributed by atoms with E-state index in [1.54, 1.807) is 32.0 Å². The van der Waals surface area contributed by atoms with E-state index in [-0.39, 0.29) is 24.8 Å². The number of ketones is 1. The molecule has 0 saturated heterocycles. The highest BCUT2D eigenvalue weighted by molar-refractivity contribution is 7.17. The van der Waals surface area contributed by atoms with Gasteiger partial charge in [-0.3, -0.25) is 19.3 Å². The van der Waals surface area contributed by atoms with Crippen LogP contribution in [-0.2, 0) is 27.2 Å². The third kappa shape index (κ3) is 5.10. The molecular weight excluding hydrogens is 468 g/mol. The lowest BCUT2D eigenvalue weighted by Gasteiger charge is -2.32. The van der Waals surface area contributed by atoms with Crippen LogP contribution in [0.25, 0.3) is 0 Å². The van der Waals surface area contributed by atoms with Crippen LogP contribution in [0.5, 0.6) is 5.75 Å².